The van der Waals surface area contributed by atoms with Crippen LogP contribution < -0.4 is 5.32 Å². The fourth-order valence-electron chi connectivity index (χ4n) is 3.44. The van der Waals surface area contributed by atoms with Crippen LogP contribution in [0.4, 0.5) is 5.69 Å². The topological polar surface area (TPSA) is 84.2 Å². The van der Waals surface area contributed by atoms with Gasteiger partial charge in [0.05, 0.1) is 11.9 Å². The summed E-state index contributed by atoms with van der Waals surface area (Å²) in [5.41, 5.74) is 3.70. The van der Waals surface area contributed by atoms with Crippen LogP contribution in [-0.2, 0) is 11.8 Å². The molecule has 0 saturated carbocycles. The van der Waals surface area contributed by atoms with E-state index in [1.165, 1.54) is 11.3 Å². The standard InChI is InChI=1S/C19H16ClN3O3S/c1-9-13(8-21-23(9)2)12-7-14(24)22-16-15(10-3-5-11(20)6-4-10)18(19(25)26)27-17(12)16/h3-6,8,12H,7H2,1-2H3,(H,22,24)(H,25,26)/t12-/m0/s1. The lowest BCUT2D eigenvalue weighted by atomic mass is 9.89. The van der Waals surface area contributed by atoms with Crippen LogP contribution in [0.3, 0.4) is 0 Å². The van der Waals surface area contributed by atoms with E-state index in [1.807, 2.05) is 14.0 Å². The van der Waals surface area contributed by atoms with Gasteiger partial charge in [-0.2, -0.15) is 5.10 Å². The van der Waals surface area contributed by atoms with E-state index in [-0.39, 0.29) is 23.1 Å². The van der Waals surface area contributed by atoms with Gasteiger partial charge in [-0.1, -0.05) is 23.7 Å². The number of hydrogen-bond donors (Lipinski definition) is 2. The van der Waals surface area contributed by atoms with Crippen LogP contribution in [0.15, 0.2) is 30.5 Å². The molecule has 1 atom stereocenters. The predicted octanol–water partition coefficient (Wildman–Crippen LogP) is 4.28. The van der Waals surface area contributed by atoms with Gasteiger partial charge in [-0.25, -0.2) is 4.79 Å². The molecule has 0 fully saturated rings. The molecule has 3 aromatic rings. The van der Waals surface area contributed by atoms with E-state index < -0.39 is 5.97 Å². The SMILES string of the molecule is Cc1c([C@@H]2CC(=O)Nc3c2sc(C(=O)O)c3-c2ccc(Cl)cc2)cnn1C. The van der Waals surface area contributed by atoms with Gasteiger partial charge < -0.3 is 10.4 Å². The minimum absolute atomic E-state index is 0.138. The number of anilines is 1. The normalized spacial score (nSPS) is 16.1. The quantitative estimate of drug-likeness (QED) is 0.685. The number of aromatic nitrogens is 2. The van der Waals surface area contributed by atoms with Gasteiger partial charge in [0.1, 0.15) is 4.88 Å². The second-order valence-corrected chi connectivity index (χ2v) is 7.96. The summed E-state index contributed by atoms with van der Waals surface area (Å²) >= 11 is 7.18. The molecule has 4 rings (SSSR count). The summed E-state index contributed by atoms with van der Waals surface area (Å²) in [4.78, 5) is 25.4. The molecule has 0 radical (unpaired) electrons. The average Bonchev–Trinajstić information content (AvgIpc) is 3.16. The highest BCUT2D eigenvalue weighted by atomic mass is 35.5. The van der Waals surface area contributed by atoms with Crippen LogP contribution in [0.2, 0.25) is 5.02 Å². The molecule has 0 unspecified atom stereocenters. The number of benzene rings is 1. The zero-order chi connectivity index (χ0) is 19.3. The van der Waals surface area contributed by atoms with Gasteiger partial charge in [-0.3, -0.25) is 9.48 Å². The van der Waals surface area contributed by atoms with Gasteiger partial charge in [-0.15, -0.1) is 11.3 Å². The number of hydrogen-bond acceptors (Lipinski definition) is 4. The zero-order valence-corrected chi connectivity index (χ0v) is 16.2. The number of aryl methyl sites for hydroxylation is 1. The van der Waals surface area contributed by atoms with Crippen molar-refractivity contribution in [1.29, 1.82) is 0 Å². The van der Waals surface area contributed by atoms with Gasteiger partial charge in [0.25, 0.3) is 0 Å². The molecule has 0 saturated heterocycles. The second-order valence-electron chi connectivity index (χ2n) is 6.47. The lowest BCUT2D eigenvalue weighted by Crippen LogP contribution is -2.22. The van der Waals surface area contributed by atoms with E-state index in [2.05, 4.69) is 10.4 Å². The Labute approximate surface area is 164 Å². The summed E-state index contributed by atoms with van der Waals surface area (Å²) in [7, 11) is 1.85. The van der Waals surface area contributed by atoms with E-state index in [1.54, 1.807) is 35.1 Å². The Balaban J connectivity index is 1.95. The van der Waals surface area contributed by atoms with E-state index in [0.29, 0.717) is 21.8 Å². The molecule has 1 aromatic carbocycles. The first-order chi connectivity index (χ1) is 12.9. The molecule has 2 N–H and O–H groups in total. The van der Waals surface area contributed by atoms with Crippen LogP contribution in [-0.4, -0.2) is 26.8 Å². The summed E-state index contributed by atoms with van der Waals surface area (Å²) < 4.78 is 1.76. The van der Waals surface area contributed by atoms with Crippen LogP contribution in [0, 0.1) is 6.92 Å². The molecule has 8 heteroatoms. The maximum absolute atomic E-state index is 12.4. The smallest absolute Gasteiger partial charge is 0.346 e. The average molecular weight is 402 g/mol. The molecule has 27 heavy (non-hydrogen) atoms. The maximum Gasteiger partial charge on any atom is 0.346 e. The first-order valence-electron chi connectivity index (χ1n) is 8.31. The highest BCUT2D eigenvalue weighted by Gasteiger charge is 2.35. The summed E-state index contributed by atoms with van der Waals surface area (Å²) in [6.45, 7) is 1.94. The number of aromatic carboxylic acids is 1. The van der Waals surface area contributed by atoms with E-state index in [9.17, 15) is 14.7 Å². The van der Waals surface area contributed by atoms with Crippen LogP contribution in [0.1, 0.15) is 38.1 Å². The summed E-state index contributed by atoms with van der Waals surface area (Å²) in [6, 6.07) is 6.95. The van der Waals surface area contributed by atoms with Crippen molar-refractivity contribution in [3.8, 4) is 11.1 Å². The number of halogens is 1. The molecular formula is C19H16ClN3O3S. The number of nitrogens with one attached hydrogen (secondary N) is 1. The number of carboxylic acid groups (broad SMARTS) is 1. The molecular weight excluding hydrogens is 386 g/mol. The van der Waals surface area contributed by atoms with E-state index >= 15 is 0 Å². The Kier molecular flexibility index (Phi) is 4.28. The van der Waals surface area contributed by atoms with Gasteiger partial charge in [0, 0.05) is 46.1 Å². The predicted molar refractivity (Wildman–Crippen MR) is 105 cm³/mol. The van der Waals surface area contributed by atoms with Crippen molar-refractivity contribution in [2.75, 3.05) is 5.32 Å². The van der Waals surface area contributed by atoms with Crippen LogP contribution >= 0.6 is 22.9 Å². The van der Waals surface area contributed by atoms with Gasteiger partial charge in [-0.05, 0) is 24.6 Å². The third-order valence-electron chi connectivity index (χ3n) is 4.88. The van der Waals surface area contributed by atoms with Gasteiger partial charge in [0.2, 0.25) is 5.91 Å². The summed E-state index contributed by atoms with van der Waals surface area (Å²) in [5.74, 6) is -1.37. The fourth-order valence-corrected chi connectivity index (χ4v) is 4.80. The molecule has 3 heterocycles. The van der Waals surface area contributed by atoms with Crippen molar-refractivity contribution in [3.05, 3.63) is 56.5 Å². The number of amides is 1. The number of carbonyl (C=O) groups is 2. The lowest BCUT2D eigenvalue weighted by molar-refractivity contribution is -0.116. The zero-order valence-electron chi connectivity index (χ0n) is 14.6. The summed E-state index contributed by atoms with van der Waals surface area (Å²) in [5, 5.41) is 17.5. The first kappa shape index (κ1) is 17.8. The number of fused-ring (bicyclic) bond motifs is 1. The number of carboxylic acids is 1. The minimum Gasteiger partial charge on any atom is -0.477 e. The maximum atomic E-state index is 12.4. The second kappa shape index (κ2) is 6.51. The van der Waals surface area contributed by atoms with Crippen molar-refractivity contribution in [1.82, 2.24) is 9.78 Å². The largest absolute Gasteiger partial charge is 0.477 e. The molecule has 138 valence electrons. The van der Waals surface area contributed by atoms with E-state index in [0.717, 1.165) is 16.1 Å². The lowest BCUT2D eigenvalue weighted by Gasteiger charge is -2.23. The Bertz CT molecular complexity index is 1070. The number of nitrogens with zero attached hydrogens (tertiary/aromatic N) is 2. The molecule has 1 amide bonds. The Morgan fingerprint density at radius 3 is 2.67 bits per heavy atom. The van der Waals surface area contributed by atoms with Crippen molar-refractivity contribution < 1.29 is 14.7 Å². The highest BCUT2D eigenvalue weighted by molar-refractivity contribution is 7.15. The number of thiophene rings is 1. The molecule has 1 aliphatic rings. The number of rotatable bonds is 3. The Hall–Kier alpha value is -2.64. The Morgan fingerprint density at radius 2 is 2.07 bits per heavy atom. The molecule has 0 spiro atoms. The molecule has 0 bridgehead atoms. The van der Waals surface area contributed by atoms with Crippen molar-refractivity contribution in [2.24, 2.45) is 7.05 Å². The minimum atomic E-state index is -1.02. The Morgan fingerprint density at radius 1 is 1.37 bits per heavy atom. The van der Waals surface area contributed by atoms with Crippen LogP contribution in [0.25, 0.3) is 11.1 Å². The molecule has 0 aliphatic carbocycles. The van der Waals surface area contributed by atoms with Gasteiger partial charge >= 0.3 is 5.97 Å². The fraction of sp³-hybridized carbons (Fsp3) is 0.211. The molecule has 2 aromatic heterocycles. The monoisotopic (exact) mass is 401 g/mol. The molecule has 1 aliphatic heterocycles. The van der Waals surface area contributed by atoms with Crippen molar-refractivity contribution in [3.63, 3.8) is 0 Å². The first-order valence-corrected chi connectivity index (χ1v) is 9.50. The van der Waals surface area contributed by atoms with Crippen LogP contribution in [0.5, 0.6) is 0 Å². The van der Waals surface area contributed by atoms with E-state index in [4.69, 9.17) is 11.6 Å². The summed E-state index contributed by atoms with van der Waals surface area (Å²) in [6.07, 6.45) is 2.02. The third-order valence-corrected chi connectivity index (χ3v) is 6.43. The van der Waals surface area contributed by atoms with Gasteiger partial charge in [0.15, 0.2) is 0 Å². The highest BCUT2D eigenvalue weighted by Crippen LogP contribution is 2.49. The number of carbonyl (C=O) groups excluding carboxylic acids is 1. The molecule has 6 nitrogen and oxygen atoms in total. The third kappa shape index (κ3) is 2.93. The van der Waals surface area contributed by atoms with Crippen molar-refractivity contribution >= 4 is 40.5 Å². The van der Waals surface area contributed by atoms with Crippen molar-refractivity contribution in [2.45, 2.75) is 19.3 Å².